The number of benzene rings is 2. The van der Waals surface area contributed by atoms with Gasteiger partial charge in [-0.25, -0.2) is 5.43 Å². The Bertz CT molecular complexity index is 1370. The van der Waals surface area contributed by atoms with Crippen LogP contribution in [0.2, 0.25) is 5.02 Å². The molecule has 8 nitrogen and oxygen atoms in total. The van der Waals surface area contributed by atoms with Crippen LogP contribution < -0.4 is 5.43 Å². The molecule has 3 heterocycles. The summed E-state index contributed by atoms with van der Waals surface area (Å²) < 4.78 is 12.8. The Morgan fingerprint density at radius 2 is 1.94 bits per heavy atom. The number of morpholine rings is 1. The molecule has 0 radical (unpaired) electrons. The van der Waals surface area contributed by atoms with E-state index in [0.29, 0.717) is 36.9 Å². The lowest BCUT2D eigenvalue weighted by atomic mass is 10.2. The lowest BCUT2D eigenvalue weighted by molar-refractivity contribution is -0.135. The molecule has 1 aliphatic rings. The smallest absolute Gasteiger partial charge is 0.307 e. The fourth-order valence-electron chi connectivity index (χ4n) is 3.91. The first-order valence-corrected chi connectivity index (χ1v) is 10.9. The van der Waals surface area contributed by atoms with Crippen LogP contribution in [0, 0.1) is 0 Å². The number of nitrogens with one attached hydrogen (secondary N) is 1. The number of aromatic nitrogens is 1. The number of carbonyl (C=O) groups excluding carboxylic acids is 2. The summed E-state index contributed by atoms with van der Waals surface area (Å²) in [5.74, 6) is -0.284. The summed E-state index contributed by atoms with van der Waals surface area (Å²) in [7, 11) is 0. The average Bonchev–Trinajstić information content (AvgIpc) is 3.41. The van der Waals surface area contributed by atoms with Gasteiger partial charge < -0.3 is 18.6 Å². The summed E-state index contributed by atoms with van der Waals surface area (Å²) in [6.45, 7) is 2.56. The van der Waals surface area contributed by atoms with Crippen molar-refractivity contribution in [3.63, 3.8) is 0 Å². The zero-order valence-corrected chi connectivity index (χ0v) is 18.4. The van der Waals surface area contributed by atoms with Gasteiger partial charge in [0.1, 0.15) is 12.1 Å². The van der Waals surface area contributed by atoms with Gasteiger partial charge in [0, 0.05) is 46.2 Å². The van der Waals surface area contributed by atoms with Crippen LogP contribution in [0.1, 0.15) is 16.1 Å². The van der Waals surface area contributed by atoms with Crippen molar-refractivity contribution in [1.82, 2.24) is 14.9 Å². The highest BCUT2D eigenvalue weighted by Gasteiger charge is 2.18. The number of hydrogen-bond acceptors (Lipinski definition) is 5. The fourth-order valence-corrected chi connectivity index (χ4v) is 4.09. The summed E-state index contributed by atoms with van der Waals surface area (Å²) in [5, 5.41) is 6.34. The summed E-state index contributed by atoms with van der Waals surface area (Å²) in [6.07, 6.45) is 3.43. The van der Waals surface area contributed by atoms with Gasteiger partial charge in [0.2, 0.25) is 5.91 Å². The molecule has 4 aromatic rings. The molecule has 1 aliphatic heterocycles. The second kappa shape index (κ2) is 9.09. The molecular formula is C24H21ClN4O4. The molecule has 1 N–H and O–H groups in total. The molecule has 0 spiro atoms. The van der Waals surface area contributed by atoms with Gasteiger partial charge in [-0.3, -0.25) is 9.59 Å². The average molecular weight is 465 g/mol. The molecule has 0 bridgehead atoms. The van der Waals surface area contributed by atoms with Crippen molar-refractivity contribution in [2.75, 3.05) is 26.3 Å². The van der Waals surface area contributed by atoms with Crippen molar-refractivity contribution in [2.24, 2.45) is 5.10 Å². The minimum atomic E-state index is -0.468. The minimum absolute atomic E-state index is 0.0424. The van der Waals surface area contributed by atoms with Gasteiger partial charge in [-0.2, -0.15) is 5.10 Å². The number of hydrazone groups is 1. The Hall–Kier alpha value is -3.62. The van der Waals surface area contributed by atoms with E-state index >= 15 is 0 Å². The van der Waals surface area contributed by atoms with Crippen LogP contribution in [0.25, 0.3) is 21.9 Å². The molecule has 9 heteroatoms. The standard InChI is InChI=1S/C24H21ClN4O4/c25-18-5-6-21-16(11-18)12-22(33-21)24(31)27-26-13-17-14-29(20-4-2-1-3-19(17)20)15-23(30)28-7-9-32-10-8-28/h1-6,11-14H,7-10,15H2,(H,27,31)/b26-13+. The first kappa shape index (κ1) is 21.2. The highest BCUT2D eigenvalue weighted by atomic mass is 35.5. The molecule has 168 valence electrons. The van der Waals surface area contributed by atoms with E-state index in [0.717, 1.165) is 21.9 Å². The Morgan fingerprint density at radius 3 is 2.79 bits per heavy atom. The van der Waals surface area contributed by atoms with Gasteiger partial charge in [0.05, 0.1) is 19.4 Å². The largest absolute Gasteiger partial charge is 0.451 e. The maximum Gasteiger partial charge on any atom is 0.307 e. The molecule has 2 amide bonds. The van der Waals surface area contributed by atoms with Crippen LogP contribution in [-0.2, 0) is 16.1 Å². The Balaban J connectivity index is 1.32. The first-order chi connectivity index (χ1) is 16.1. The van der Waals surface area contributed by atoms with Crippen LogP contribution in [0.3, 0.4) is 0 Å². The third kappa shape index (κ3) is 4.48. The monoisotopic (exact) mass is 464 g/mol. The number of rotatable bonds is 5. The molecular weight excluding hydrogens is 444 g/mol. The quantitative estimate of drug-likeness (QED) is 0.360. The molecule has 0 aliphatic carbocycles. The predicted molar refractivity (Wildman–Crippen MR) is 126 cm³/mol. The molecule has 0 atom stereocenters. The van der Waals surface area contributed by atoms with Gasteiger partial charge in [0.15, 0.2) is 5.76 Å². The number of ether oxygens (including phenoxy) is 1. The van der Waals surface area contributed by atoms with Crippen LogP contribution in [0.4, 0.5) is 0 Å². The van der Waals surface area contributed by atoms with Crippen molar-refractivity contribution in [3.8, 4) is 0 Å². The Kier molecular flexibility index (Phi) is 5.85. The molecule has 2 aromatic heterocycles. The van der Waals surface area contributed by atoms with Gasteiger partial charge in [-0.15, -0.1) is 0 Å². The van der Waals surface area contributed by atoms with E-state index < -0.39 is 5.91 Å². The van der Waals surface area contributed by atoms with Crippen molar-refractivity contribution >= 4 is 51.5 Å². The zero-order valence-electron chi connectivity index (χ0n) is 17.7. The second-order valence-corrected chi connectivity index (χ2v) is 8.15. The number of halogens is 1. The number of amides is 2. The van der Waals surface area contributed by atoms with E-state index in [4.69, 9.17) is 20.8 Å². The molecule has 33 heavy (non-hydrogen) atoms. The lowest BCUT2D eigenvalue weighted by Crippen LogP contribution is -2.42. The minimum Gasteiger partial charge on any atom is -0.451 e. The molecule has 5 rings (SSSR count). The van der Waals surface area contributed by atoms with E-state index in [-0.39, 0.29) is 18.2 Å². The molecule has 2 aromatic carbocycles. The van der Waals surface area contributed by atoms with E-state index in [1.54, 1.807) is 30.5 Å². The van der Waals surface area contributed by atoms with Gasteiger partial charge >= 0.3 is 5.91 Å². The fraction of sp³-hybridized carbons (Fsp3) is 0.208. The first-order valence-electron chi connectivity index (χ1n) is 10.5. The summed E-state index contributed by atoms with van der Waals surface area (Å²) in [5.41, 5.74) is 4.77. The molecule has 0 saturated carbocycles. The normalized spacial score (nSPS) is 14.4. The van der Waals surface area contributed by atoms with Gasteiger partial charge in [-0.05, 0) is 30.3 Å². The number of para-hydroxylation sites is 1. The van der Waals surface area contributed by atoms with Crippen molar-refractivity contribution in [1.29, 1.82) is 0 Å². The van der Waals surface area contributed by atoms with Gasteiger partial charge in [-0.1, -0.05) is 29.8 Å². The molecule has 0 unspecified atom stereocenters. The van der Waals surface area contributed by atoms with Gasteiger partial charge in [0.25, 0.3) is 0 Å². The van der Waals surface area contributed by atoms with Crippen LogP contribution in [-0.4, -0.2) is 53.8 Å². The number of furan rings is 1. The predicted octanol–water partition coefficient (Wildman–Crippen LogP) is 3.66. The highest BCUT2D eigenvalue weighted by molar-refractivity contribution is 6.31. The van der Waals surface area contributed by atoms with E-state index in [9.17, 15) is 9.59 Å². The summed E-state index contributed by atoms with van der Waals surface area (Å²) in [4.78, 5) is 27.0. The SMILES string of the molecule is O=C(N/N=C/c1cn(CC(=O)N2CCOCC2)c2ccccc12)c1cc2cc(Cl)ccc2o1. The number of carbonyl (C=O) groups is 2. The summed E-state index contributed by atoms with van der Waals surface area (Å²) in [6, 6.07) is 14.5. The van der Waals surface area contributed by atoms with Crippen LogP contribution in [0.15, 0.2) is 64.2 Å². The lowest BCUT2D eigenvalue weighted by Gasteiger charge is -2.27. The zero-order chi connectivity index (χ0) is 22.8. The highest BCUT2D eigenvalue weighted by Crippen LogP contribution is 2.23. The maximum absolute atomic E-state index is 12.7. The van der Waals surface area contributed by atoms with E-state index in [2.05, 4.69) is 10.5 Å². The van der Waals surface area contributed by atoms with Crippen LogP contribution >= 0.6 is 11.6 Å². The van der Waals surface area contributed by atoms with Crippen molar-refractivity contribution in [3.05, 3.63) is 71.1 Å². The Labute approximate surface area is 194 Å². The molecule has 1 saturated heterocycles. The topological polar surface area (TPSA) is 89.1 Å². The van der Waals surface area contributed by atoms with Crippen molar-refractivity contribution in [2.45, 2.75) is 6.54 Å². The maximum atomic E-state index is 12.7. The van der Waals surface area contributed by atoms with Crippen molar-refractivity contribution < 1.29 is 18.7 Å². The van der Waals surface area contributed by atoms with Crippen LogP contribution in [0.5, 0.6) is 0 Å². The third-order valence-electron chi connectivity index (χ3n) is 5.56. The van der Waals surface area contributed by atoms with E-state index in [1.165, 1.54) is 0 Å². The third-order valence-corrected chi connectivity index (χ3v) is 5.80. The Morgan fingerprint density at radius 1 is 1.12 bits per heavy atom. The number of nitrogens with zero attached hydrogens (tertiary/aromatic N) is 3. The molecule has 1 fully saturated rings. The number of fused-ring (bicyclic) bond motifs is 2. The van der Waals surface area contributed by atoms with E-state index in [1.807, 2.05) is 39.9 Å². The summed E-state index contributed by atoms with van der Waals surface area (Å²) >= 11 is 5.99. The second-order valence-electron chi connectivity index (χ2n) is 7.71. The number of hydrogen-bond donors (Lipinski definition) is 1.